The fourth-order valence-corrected chi connectivity index (χ4v) is 1.24. The molecule has 0 heterocycles. The van der Waals surface area contributed by atoms with Gasteiger partial charge in [0.25, 0.3) is 5.70 Å². The molecule has 1 rings (SSSR count). The maximum absolute atomic E-state index is 10.2. The standard InChI is InChI=1S/C6H6BrNO2/c7-5-2-1-3-6(4-5)8(9)10/h3-4H,1-2H2. The molecule has 1 aliphatic carbocycles. The molecule has 0 unspecified atom stereocenters. The molecule has 1 aliphatic rings. The van der Waals surface area contributed by atoms with Gasteiger partial charge in [0.1, 0.15) is 0 Å². The fraction of sp³-hybridized carbons (Fsp3) is 0.333. The van der Waals surface area contributed by atoms with E-state index in [9.17, 15) is 10.1 Å². The SMILES string of the molecule is O=[N+]([O-])C1=CCCC(Br)=C1. The van der Waals surface area contributed by atoms with Crippen molar-refractivity contribution in [2.45, 2.75) is 12.8 Å². The number of nitro groups is 1. The molecule has 54 valence electrons. The summed E-state index contributed by atoms with van der Waals surface area (Å²) in [7, 11) is 0. The van der Waals surface area contributed by atoms with Gasteiger partial charge >= 0.3 is 0 Å². The number of rotatable bonds is 1. The Kier molecular flexibility index (Phi) is 2.21. The molecular formula is C6H6BrNO2. The molecule has 0 aromatic rings. The maximum atomic E-state index is 10.2. The Morgan fingerprint density at radius 2 is 2.40 bits per heavy atom. The quantitative estimate of drug-likeness (QED) is 0.485. The van der Waals surface area contributed by atoms with Gasteiger partial charge in [0.05, 0.1) is 4.92 Å². The second-order valence-electron chi connectivity index (χ2n) is 2.02. The molecule has 0 saturated carbocycles. The molecule has 3 nitrogen and oxygen atoms in total. The largest absolute Gasteiger partial charge is 0.266 e. The smallest absolute Gasteiger partial charge is 0.258 e. The summed E-state index contributed by atoms with van der Waals surface area (Å²) in [4.78, 5) is 9.80. The molecule has 10 heavy (non-hydrogen) atoms. The zero-order valence-corrected chi connectivity index (χ0v) is 6.80. The highest BCUT2D eigenvalue weighted by Crippen LogP contribution is 2.21. The van der Waals surface area contributed by atoms with E-state index >= 15 is 0 Å². The Morgan fingerprint density at radius 1 is 1.70 bits per heavy atom. The van der Waals surface area contributed by atoms with Gasteiger partial charge in [0, 0.05) is 10.6 Å². The molecule has 0 spiro atoms. The van der Waals surface area contributed by atoms with Crippen LogP contribution in [0.2, 0.25) is 0 Å². The lowest BCUT2D eigenvalue weighted by molar-refractivity contribution is -0.419. The summed E-state index contributed by atoms with van der Waals surface area (Å²) in [6, 6.07) is 0. The average Bonchev–Trinajstić information content (AvgIpc) is 1.88. The van der Waals surface area contributed by atoms with Gasteiger partial charge in [-0.25, -0.2) is 0 Å². The minimum Gasteiger partial charge on any atom is -0.258 e. The summed E-state index contributed by atoms with van der Waals surface area (Å²) in [5.74, 6) is 0. The van der Waals surface area contributed by atoms with Gasteiger partial charge in [-0.2, -0.15) is 0 Å². The van der Waals surface area contributed by atoms with Crippen molar-refractivity contribution in [3.8, 4) is 0 Å². The summed E-state index contributed by atoms with van der Waals surface area (Å²) in [6.45, 7) is 0. The van der Waals surface area contributed by atoms with Crippen molar-refractivity contribution in [1.82, 2.24) is 0 Å². The summed E-state index contributed by atoms with van der Waals surface area (Å²) < 4.78 is 0.904. The fourth-order valence-electron chi connectivity index (χ4n) is 0.777. The molecule has 0 radical (unpaired) electrons. The molecule has 0 atom stereocenters. The third-order valence-electron chi connectivity index (χ3n) is 1.25. The molecule has 4 heteroatoms. The molecule has 0 amide bonds. The van der Waals surface area contributed by atoms with E-state index < -0.39 is 0 Å². The molecule has 0 aliphatic heterocycles. The van der Waals surface area contributed by atoms with E-state index in [1.54, 1.807) is 12.2 Å². The Bertz CT molecular complexity index is 220. The third kappa shape index (κ3) is 1.67. The zero-order chi connectivity index (χ0) is 7.56. The normalized spacial score (nSPS) is 17.7. The van der Waals surface area contributed by atoms with Crippen molar-refractivity contribution in [3.63, 3.8) is 0 Å². The van der Waals surface area contributed by atoms with Crippen molar-refractivity contribution in [3.05, 3.63) is 32.4 Å². The van der Waals surface area contributed by atoms with Crippen molar-refractivity contribution >= 4 is 15.9 Å². The van der Waals surface area contributed by atoms with Crippen molar-refractivity contribution in [1.29, 1.82) is 0 Å². The van der Waals surface area contributed by atoms with E-state index in [0.717, 1.165) is 17.3 Å². The minimum atomic E-state index is -0.375. The van der Waals surface area contributed by atoms with Crippen molar-refractivity contribution < 1.29 is 4.92 Å². The Morgan fingerprint density at radius 3 is 2.80 bits per heavy atom. The second-order valence-corrected chi connectivity index (χ2v) is 3.03. The first-order valence-corrected chi connectivity index (χ1v) is 3.70. The maximum Gasteiger partial charge on any atom is 0.266 e. The third-order valence-corrected chi connectivity index (χ3v) is 1.88. The van der Waals surface area contributed by atoms with Crippen LogP contribution in [0.3, 0.4) is 0 Å². The van der Waals surface area contributed by atoms with Crippen LogP contribution in [0.15, 0.2) is 22.3 Å². The van der Waals surface area contributed by atoms with Crippen LogP contribution in [-0.4, -0.2) is 4.92 Å². The van der Waals surface area contributed by atoms with Gasteiger partial charge in [0.15, 0.2) is 0 Å². The van der Waals surface area contributed by atoms with Gasteiger partial charge in [-0.3, -0.25) is 10.1 Å². The first kappa shape index (κ1) is 7.47. The van der Waals surface area contributed by atoms with E-state index in [-0.39, 0.29) is 10.6 Å². The Balaban J connectivity index is 2.79. The van der Waals surface area contributed by atoms with E-state index in [1.807, 2.05) is 0 Å². The van der Waals surface area contributed by atoms with Gasteiger partial charge in [0.2, 0.25) is 0 Å². The van der Waals surface area contributed by atoms with Crippen LogP contribution in [0.1, 0.15) is 12.8 Å². The number of nitrogens with zero attached hydrogens (tertiary/aromatic N) is 1. The van der Waals surface area contributed by atoms with E-state index in [2.05, 4.69) is 15.9 Å². The Hall–Kier alpha value is -0.640. The summed E-state index contributed by atoms with van der Waals surface area (Å²) in [6.07, 6.45) is 4.80. The average molecular weight is 204 g/mol. The predicted octanol–water partition coefficient (Wildman–Crippen LogP) is 2.22. The van der Waals surface area contributed by atoms with Gasteiger partial charge < -0.3 is 0 Å². The topological polar surface area (TPSA) is 43.1 Å². The van der Waals surface area contributed by atoms with Crippen LogP contribution < -0.4 is 0 Å². The molecule has 0 fully saturated rings. The van der Waals surface area contributed by atoms with Crippen molar-refractivity contribution in [2.75, 3.05) is 0 Å². The first-order valence-electron chi connectivity index (χ1n) is 2.91. The molecule has 0 N–H and O–H groups in total. The van der Waals surface area contributed by atoms with Crippen LogP contribution in [0.25, 0.3) is 0 Å². The summed E-state index contributed by atoms with van der Waals surface area (Å²) in [5.41, 5.74) is 0.193. The lowest BCUT2D eigenvalue weighted by Crippen LogP contribution is -1.98. The van der Waals surface area contributed by atoms with E-state index in [0.29, 0.717) is 0 Å². The highest BCUT2D eigenvalue weighted by molar-refractivity contribution is 9.11. The molecule has 0 aromatic carbocycles. The second kappa shape index (κ2) is 2.96. The monoisotopic (exact) mass is 203 g/mol. The molecule has 0 bridgehead atoms. The molecule has 0 aromatic heterocycles. The van der Waals surface area contributed by atoms with Crippen LogP contribution in [0, 0.1) is 10.1 Å². The lowest BCUT2D eigenvalue weighted by atomic mass is 10.1. The number of allylic oxidation sites excluding steroid dienone is 3. The number of halogens is 1. The van der Waals surface area contributed by atoms with Gasteiger partial charge in [-0.15, -0.1) is 0 Å². The molecular weight excluding hydrogens is 198 g/mol. The zero-order valence-electron chi connectivity index (χ0n) is 5.21. The molecule has 0 saturated heterocycles. The van der Waals surface area contributed by atoms with E-state index in [4.69, 9.17) is 0 Å². The van der Waals surface area contributed by atoms with Crippen LogP contribution in [-0.2, 0) is 0 Å². The minimum absolute atomic E-state index is 0.193. The van der Waals surface area contributed by atoms with Crippen LogP contribution in [0.4, 0.5) is 0 Å². The highest BCUT2D eigenvalue weighted by Gasteiger charge is 2.11. The van der Waals surface area contributed by atoms with Gasteiger partial charge in [-0.1, -0.05) is 15.9 Å². The predicted molar refractivity (Wildman–Crippen MR) is 41.3 cm³/mol. The Labute approximate surface area is 66.7 Å². The number of hydrogen-bond acceptors (Lipinski definition) is 2. The van der Waals surface area contributed by atoms with Crippen molar-refractivity contribution in [2.24, 2.45) is 0 Å². The summed E-state index contributed by atoms with van der Waals surface area (Å²) in [5, 5.41) is 10.2. The first-order chi connectivity index (χ1) is 4.70. The van der Waals surface area contributed by atoms with Crippen LogP contribution in [0.5, 0.6) is 0 Å². The van der Waals surface area contributed by atoms with E-state index in [1.165, 1.54) is 0 Å². The summed E-state index contributed by atoms with van der Waals surface area (Å²) >= 11 is 3.21. The van der Waals surface area contributed by atoms with Gasteiger partial charge in [-0.05, 0) is 18.9 Å². The lowest BCUT2D eigenvalue weighted by Gasteiger charge is -2.00. The highest BCUT2D eigenvalue weighted by atomic mass is 79.9. The van der Waals surface area contributed by atoms with Crippen LogP contribution >= 0.6 is 15.9 Å². The number of hydrogen-bond donors (Lipinski definition) is 0.